The second-order valence-electron chi connectivity index (χ2n) is 9.15. The van der Waals surface area contributed by atoms with Crippen molar-refractivity contribution in [3.8, 4) is 0 Å². The zero-order chi connectivity index (χ0) is 24.5. The molecule has 1 saturated heterocycles. The van der Waals surface area contributed by atoms with Crippen LogP contribution in [-0.4, -0.2) is 71.4 Å². The van der Waals surface area contributed by atoms with E-state index in [9.17, 15) is 8.42 Å². The van der Waals surface area contributed by atoms with Crippen LogP contribution in [-0.2, 0) is 29.8 Å². The minimum Gasteiger partial charge on any atom is -0.382 e. The summed E-state index contributed by atoms with van der Waals surface area (Å²) in [5.74, 6) is 1.17. The SMILES string of the molecule is COCC1(n2c(NS(=O)(=O)[C@@H](C)[C@@H](OC(C)C)c3ncc(Cl)cn3)nnc2C2CCOC2)CC1. The van der Waals surface area contributed by atoms with E-state index in [-0.39, 0.29) is 29.3 Å². The van der Waals surface area contributed by atoms with E-state index >= 15 is 0 Å². The largest absolute Gasteiger partial charge is 0.382 e. The molecule has 3 heterocycles. The lowest BCUT2D eigenvalue weighted by atomic mass is 10.1. The molecule has 11 nitrogen and oxygen atoms in total. The smallest absolute Gasteiger partial charge is 0.240 e. The number of methoxy groups -OCH3 is 1. The first kappa shape index (κ1) is 25.2. The molecule has 0 aromatic carbocycles. The van der Waals surface area contributed by atoms with E-state index in [1.54, 1.807) is 14.0 Å². The van der Waals surface area contributed by atoms with Gasteiger partial charge in [0, 0.05) is 32.0 Å². The lowest BCUT2D eigenvalue weighted by Crippen LogP contribution is -2.36. The highest BCUT2D eigenvalue weighted by atomic mass is 35.5. The summed E-state index contributed by atoms with van der Waals surface area (Å²) in [7, 11) is -2.35. The summed E-state index contributed by atoms with van der Waals surface area (Å²) < 4.78 is 48.6. The fraction of sp³-hybridized carbons (Fsp3) is 0.714. The molecule has 34 heavy (non-hydrogen) atoms. The first-order valence-electron chi connectivity index (χ1n) is 11.3. The predicted octanol–water partition coefficient (Wildman–Crippen LogP) is 2.66. The fourth-order valence-electron chi connectivity index (χ4n) is 4.20. The van der Waals surface area contributed by atoms with Crippen molar-refractivity contribution in [2.75, 3.05) is 31.7 Å². The van der Waals surface area contributed by atoms with Crippen LogP contribution in [0.15, 0.2) is 12.4 Å². The van der Waals surface area contributed by atoms with Crippen LogP contribution < -0.4 is 4.72 Å². The number of hydrogen-bond acceptors (Lipinski definition) is 9. The highest BCUT2D eigenvalue weighted by Crippen LogP contribution is 2.47. The van der Waals surface area contributed by atoms with E-state index < -0.39 is 21.4 Å². The zero-order valence-corrected chi connectivity index (χ0v) is 21.3. The van der Waals surface area contributed by atoms with E-state index in [4.69, 9.17) is 25.8 Å². The van der Waals surface area contributed by atoms with Crippen LogP contribution in [0.5, 0.6) is 0 Å². The van der Waals surface area contributed by atoms with Crippen LogP contribution in [0.25, 0.3) is 0 Å². The number of rotatable bonds is 11. The van der Waals surface area contributed by atoms with Gasteiger partial charge in [-0.2, -0.15) is 0 Å². The van der Waals surface area contributed by atoms with Crippen LogP contribution >= 0.6 is 11.6 Å². The van der Waals surface area contributed by atoms with Crippen LogP contribution in [0.1, 0.15) is 63.7 Å². The Morgan fingerprint density at radius 2 is 1.97 bits per heavy atom. The number of anilines is 1. The summed E-state index contributed by atoms with van der Waals surface area (Å²) in [6, 6.07) is 0. The molecule has 2 aromatic heterocycles. The molecule has 0 amide bonds. The first-order valence-corrected chi connectivity index (χ1v) is 13.3. The van der Waals surface area contributed by atoms with E-state index in [1.807, 2.05) is 18.4 Å². The molecule has 13 heteroatoms. The first-order chi connectivity index (χ1) is 16.2. The van der Waals surface area contributed by atoms with Crippen LogP contribution in [0.2, 0.25) is 5.02 Å². The molecule has 0 radical (unpaired) electrons. The minimum atomic E-state index is -3.98. The maximum absolute atomic E-state index is 13.5. The Labute approximate surface area is 204 Å². The van der Waals surface area contributed by atoms with Gasteiger partial charge in [0.2, 0.25) is 16.0 Å². The van der Waals surface area contributed by atoms with E-state index in [0.717, 1.165) is 19.3 Å². The van der Waals surface area contributed by atoms with Crippen molar-refractivity contribution in [3.63, 3.8) is 0 Å². The molecular weight excluding hydrogens is 484 g/mol. The zero-order valence-electron chi connectivity index (χ0n) is 19.8. The summed E-state index contributed by atoms with van der Waals surface area (Å²) in [5, 5.41) is 7.94. The van der Waals surface area contributed by atoms with E-state index in [1.165, 1.54) is 12.4 Å². The Balaban J connectivity index is 1.66. The Hall–Kier alpha value is -1.86. The molecule has 1 saturated carbocycles. The Kier molecular flexibility index (Phi) is 7.44. The van der Waals surface area contributed by atoms with Crippen molar-refractivity contribution in [2.45, 2.75) is 68.9 Å². The van der Waals surface area contributed by atoms with Gasteiger partial charge in [-0.25, -0.2) is 18.4 Å². The van der Waals surface area contributed by atoms with Gasteiger partial charge < -0.3 is 14.2 Å². The van der Waals surface area contributed by atoms with Gasteiger partial charge in [0.1, 0.15) is 17.2 Å². The highest BCUT2D eigenvalue weighted by Gasteiger charge is 2.49. The molecule has 3 atom stereocenters. The van der Waals surface area contributed by atoms with Crippen molar-refractivity contribution >= 4 is 27.6 Å². The second kappa shape index (κ2) is 10.0. The molecule has 188 valence electrons. The lowest BCUT2D eigenvalue weighted by molar-refractivity contribution is 0.00154. The normalized spacial score (nSPS) is 21.5. The topological polar surface area (TPSA) is 130 Å². The summed E-state index contributed by atoms with van der Waals surface area (Å²) >= 11 is 5.91. The number of hydrogen-bond donors (Lipinski definition) is 1. The summed E-state index contributed by atoms with van der Waals surface area (Å²) in [5.41, 5.74) is -0.371. The fourth-order valence-corrected chi connectivity index (χ4v) is 5.39. The average molecular weight is 515 g/mol. The monoisotopic (exact) mass is 514 g/mol. The van der Waals surface area contributed by atoms with Crippen molar-refractivity contribution in [2.24, 2.45) is 0 Å². The van der Waals surface area contributed by atoms with Gasteiger partial charge >= 0.3 is 0 Å². The number of halogens is 1. The summed E-state index contributed by atoms with van der Waals surface area (Å²) in [4.78, 5) is 8.39. The maximum Gasteiger partial charge on any atom is 0.240 e. The number of ether oxygens (including phenoxy) is 3. The number of nitrogens with zero attached hydrogens (tertiary/aromatic N) is 5. The molecule has 2 aliphatic rings. The molecule has 1 aliphatic carbocycles. The molecule has 0 spiro atoms. The molecule has 2 fully saturated rings. The van der Waals surface area contributed by atoms with E-state index in [0.29, 0.717) is 30.7 Å². The molecule has 1 N–H and O–H groups in total. The van der Waals surface area contributed by atoms with Gasteiger partial charge in [-0.15, -0.1) is 10.2 Å². The Bertz CT molecular complexity index is 1080. The van der Waals surface area contributed by atoms with Gasteiger partial charge in [-0.3, -0.25) is 9.29 Å². The number of aromatic nitrogens is 5. The molecule has 0 bridgehead atoms. The van der Waals surface area contributed by atoms with Crippen LogP contribution in [0.4, 0.5) is 5.95 Å². The van der Waals surface area contributed by atoms with Crippen molar-refractivity contribution in [3.05, 3.63) is 29.1 Å². The summed E-state index contributed by atoms with van der Waals surface area (Å²) in [6.45, 7) is 6.81. The molecule has 1 unspecified atom stereocenters. The highest BCUT2D eigenvalue weighted by molar-refractivity contribution is 7.93. The van der Waals surface area contributed by atoms with Crippen molar-refractivity contribution in [1.82, 2.24) is 24.7 Å². The summed E-state index contributed by atoms with van der Waals surface area (Å²) in [6.07, 6.45) is 4.17. The molecule has 4 rings (SSSR count). The molecular formula is C21H31ClN6O5S. The lowest BCUT2D eigenvalue weighted by Gasteiger charge is -2.26. The standard InChI is InChI=1S/C21H31ClN6O5S/c1-13(2)33-17(18-23-9-16(22)10-24-18)14(3)34(29,30)27-20-26-25-19(15-5-8-32-11-15)28(20)21(6-7-21)12-31-4/h9-10,13-15,17H,5-8,11-12H2,1-4H3,(H,26,27)/t14-,15?,17+/m0/s1. The third-order valence-electron chi connectivity index (χ3n) is 6.16. The van der Waals surface area contributed by atoms with E-state index in [2.05, 4.69) is 24.9 Å². The third kappa shape index (κ3) is 5.20. The molecule has 1 aliphatic heterocycles. The number of nitrogens with one attached hydrogen (secondary N) is 1. The minimum absolute atomic E-state index is 0.0528. The Morgan fingerprint density at radius 3 is 2.53 bits per heavy atom. The van der Waals surface area contributed by atoms with Gasteiger partial charge in [0.05, 0.1) is 29.9 Å². The van der Waals surface area contributed by atoms with Gasteiger partial charge in [-0.1, -0.05) is 11.6 Å². The Morgan fingerprint density at radius 1 is 1.26 bits per heavy atom. The quantitative estimate of drug-likeness (QED) is 0.480. The van der Waals surface area contributed by atoms with Crippen molar-refractivity contribution in [1.29, 1.82) is 0 Å². The van der Waals surface area contributed by atoms with Gasteiger partial charge in [0.15, 0.2) is 5.82 Å². The maximum atomic E-state index is 13.5. The van der Waals surface area contributed by atoms with Crippen LogP contribution in [0.3, 0.4) is 0 Å². The number of sulfonamides is 1. The average Bonchev–Trinajstić information content (AvgIpc) is 3.18. The second-order valence-corrected chi connectivity index (χ2v) is 11.6. The van der Waals surface area contributed by atoms with Gasteiger partial charge in [-0.05, 0) is 40.0 Å². The molecule has 2 aromatic rings. The third-order valence-corrected chi connectivity index (χ3v) is 8.05. The van der Waals surface area contributed by atoms with Crippen molar-refractivity contribution < 1.29 is 22.6 Å². The predicted molar refractivity (Wildman–Crippen MR) is 125 cm³/mol. The van der Waals surface area contributed by atoms with Crippen LogP contribution in [0, 0.1) is 0 Å². The van der Waals surface area contributed by atoms with Gasteiger partial charge in [0.25, 0.3) is 0 Å².